The first-order valence-corrected chi connectivity index (χ1v) is 9.59. The predicted octanol–water partition coefficient (Wildman–Crippen LogP) is 3.54. The van der Waals surface area contributed by atoms with Crippen LogP contribution in [0.2, 0.25) is 0 Å². The van der Waals surface area contributed by atoms with Gasteiger partial charge in [0.25, 0.3) is 0 Å². The SMILES string of the molecule is C[C@@H]1CN(C[C@H](O)COC(c2ccc(F)cc2)c2ccc(F)cc2)C[C@@H](C)O1. The summed E-state index contributed by atoms with van der Waals surface area (Å²) < 4.78 is 38.3. The molecule has 1 fully saturated rings. The van der Waals surface area contributed by atoms with E-state index in [-0.39, 0.29) is 30.4 Å². The van der Waals surface area contributed by atoms with E-state index in [0.29, 0.717) is 6.54 Å². The summed E-state index contributed by atoms with van der Waals surface area (Å²) >= 11 is 0. The van der Waals surface area contributed by atoms with Crippen molar-refractivity contribution >= 4 is 0 Å². The first-order chi connectivity index (χ1) is 13.4. The Hall–Kier alpha value is -1.86. The maximum Gasteiger partial charge on any atom is 0.123 e. The second kappa shape index (κ2) is 9.56. The second-order valence-electron chi connectivity index (χ2n) is 7.45. The summed E-state index contributed by atoms with van der Waals surface area (Å²) in [4.78, 5) is 2.16. The van der Waals surface area contributed by atoms with Crippen molar-refractivity contribution in [1.82, 2.24) is 4.90 Å². The Bertz CT molecular complexity index is 683. The van der Waals surface area contributed by atoms with Gasteiger partial charge in [-0.2, -0.15) is 0 Å². The van der Waals surface area contributed by atoms with Crippen molar-refractivity contribution in [1.29, 1.82) is 0 Å². The lowest BCUT2D eigenvalue weighted by molar-refractivity contribution is -0.0843. The average Bonchev–Trinajstić information content (AvgIpc) is 2.64. The van der Waals surface area contributed by atoms with Crippen molar-refractivity contribution < 1.29 is 23.4 Å². The number of rotatable bonds is 7. The number of hydrogen-bond acceptors (Lipinski definition) is 4. The largest absolute Gasteiger partial charge is 0.389 e. The number of ether oxygens (including phenoxy) is 2. The smallest absolute Gasteiger partial charge is 0.123 e. The molecule has 1 aliphatic heterocycles. The molecule has 152 valence electrons. The van der Waals surface area contributed by atoms with Gasteiger partial charge in [0.15, 0.2) is 0 Å². The lowest BCUT2D eigenvalue weighted by Crippen LogP contribution is -2.48. The van der Waals surface area contributed by atoms with Crippen molar-refractivity contribution in [2.45, 2.75) is 38.3 Å². The second-order valence-corrected chi connectivity index (χ2v) is 7.45. The molecule has 28 heavy (non-hydrogen) atoms. The molecular weight excluding hydrogens is 364 g/mol. The molecule has 1 aliphatic rings. The van der Waals surface area contributed by atoms with Gasteiger partial charge in [-0.1, -0.05) is 24.3 Å². The Labute approximate surface area is 164 Å². The normalized spacial score (nSPS) is 21.8. The standard InChI is InChI=1S/C22H27F2NO3/c1-15-11-25(12-16(2)28-15)13-21(26)14-27-22(17-3-7-19(23)8-4-17)18-5-9-20(24)10-6-18/h3-10,15-16,21-22,26H,11-14H2,1-2H3/t15-,16-,21+/m1/s1. The van der Waals surface area contributed by atoms with Crippen LogP contribution in [0.15, 0.2) is 48.5 Å². The van der Waals surface area contributed by atoms with Crippen LogP contribution in [-0.4, -0.2) is 54.6 Å². The van der Waals surface area contributed by atoms with Crippen molar-refractivity contribution in [2.24, 2.45) is 0 Å². The van der Waals surface area contributed by atoms with Crippen LogP contribution in [0, 0.1) is 11.6 Å². The zero-order valence-corrected chi connectivity index (χ0v) is 16.2. The highest BCUT2D eigenvalue weighted by Crippen LogP contribution is 2.27. The predicted molar refractivity (Wildman–Crippen MR) is 103 cm³/mol. The minimum Gasteiger partial charge on any atom is -0.389 e. The molecular formula is C22H27F2NO3. The zero-order valence-electron chi connectivity index (χ0n) is 16.2. The molecule has 1 N–H and O–H groups in total. The van der Waals surface area contributed by atoms with E-state index in [9.17, 15) is 13.9 Å². The van der Waals surface area contributed by atoms with Crippen LogP contribution in [-0.2, 0) is 9.47 Å². The lowest BCUT2D eigenvalue weighted by Gasteiger charge is -2.36. The molecule has 0 amide bonds. The van der Waals surface area contributed by atoms with E-state index in [1.54, 1.807) is 24.3 Å². The number of β-amino-alcohol motifs (C(OH)–C–C–N with tert-alkyl or cyclic N) is 1. The van der Waals surface area contributed by atoms with Gasteiger partial charge in [-0.05, 0) is 49.2 Å². The molecule has 6 heteroatoms. The van der Waals surface area contributed by atoms with Crippen molar-refractivity contribution in [3.05, 3.63) is 71.3 Å². The number of hydrogen-bond donors (Lipinski definition) is 1. The Morgan fingerprint density at radius 1 is 0.964 bits per heavy atom. The van der Waals surface area contributed by atoms with Gasteiger partial charge in [0, 0.05) is 19.6 Å². The van der Waals surface area contributed by atoms with Gasteiger partial charge < -0.3 is 14.6 Å². The van der Waals surface area contributed by atoms with Crippen LogP contribution in [0.1, 0.15) is 31.1 Å². The fourth-order valence-corrected chi connectivity index (χ4v) is 3.65. The Morgan fingerprint density at radius 2 is 1.43 bits per heavy atom. The van der Waals surface area contributed by atoms with Crippen LogP contribution in [0.5, 0.6) is 0 Å². The number of aliphatic hydroxyl groups is 1. The topological polar surface area (TPSA) is 41.9 Å². The van der Waals surface area contributed by atoms with Crippen LogP contribution >= 0.6 is 0 Å². The van der Waals surface area contributed by atoms with Crippen molar-refractivity contribution in [2.75, 3.05) is 26.2 Å². The molecule has 1 saturated heterocycles. The van der Waals surface area contributed by atoms with Gasteiger partial charge in [0.2, 0.25) is 0 Å². The highest BCUT2D eigenvalue weighted by atomic mass is 19.1. The summed E-state index contributed by atoms with van der Waals surface area (Å²) in [7, 11) is 0. The van der Waals surface area contributed by atoms with Gasteiger partial charge in [0.1, 0.15) is 17.7 Å². The molecule has 0 bridgehead atoms. The Kier molecular flexibility index (Phi) is 7.13. The highest BCUT2D eigenvalue weighted by Gasteiger charge is 2.24. The fourth-order valence-electron chi connectivity index (χ4n) is 3.65. The number of halogens is 2. The summed E-state index contributed by atoms with van der Waals surface area (Å²) in [6.45, 7) is 6.16. The van der Waals surface area contributed by atoms with Gasteiger partial charge in [-0.25, -0.2) is 8.78 Å². The molecule has 0 aromatic heterocycles. The Morgan fingerprint density at radius 3 is 1.89 bits per heavy atom. The number of benzene rings is 2. The van der Waals surface area contributed by atoms with E-state index in [1.807, 2.05) is 13.8 Å². The number of morpholine rings is 1. The summed E-state index contributed by atoms with van der Waals surface area (Å²) in [5.41, 5.74) is 1.49. The monoisotopic (exact) mass is 391 g/mol. The van der Waals surface area contributed by atoms with E-state index < -0.39 is 12.2 Å². The van der Waals surface area contributed by atoms with Crippen LogP contribution in [0.25, 0.3) is 0 Å². The highest BCUT2D eigenvalue weighted by molar-refractivity contribution is 5.30. The van der Waals surface area contributed by atoms with Gasteiger partial charge >= 0.3 is 0 Å². The van der Waals surface area contributed by atoms with E-state index >= 15 is 0 Å². The third-order valence-corrected chi connectivity index (χ3v) is 4.76. The summed E-state index contributed by atoms with van der Waals surface area (Å²) in [6, 6.07) is 12.0. The average molecular weight is 391 g/mol. The number of aliphatic hydroxyl groups excluding tert-OH is 1. The molecule has 0 radical (unpaired) electrons. The quantitative estimate of drug-likeness (QED) is 0.784. The van der Waals surface area contributed by atoms with Gasteiger partial charge in [-0.15, -0.1) is 0 Å². The minimum atomic E-state index is -0.680. The van der Waals surface area contributed by atoms with Crippen molar-refractivity contribution in [3.63, 3.8) is 0 Å². The lowest BCUT2D eigenvalue weighted by atomic mass is 10.0. The minimum absolute atomic E-state index is 0.111. The summed E-state index contributed by atoms with van der Waals surface area (Å²) in [5, 5.41) is 10.5. The summed E-state index contributed by atoms with van der Waals surface area (Å²) in [6.07, 6.45) is -0.939. The molecule has 0 saturated carbocycles. The van der Waals surface area contributed by atoms with E-state index in [1.165, 1.54) is 24.3 Å². The van der Waals surface area contributed by atoms with Crippen molar-refractivity contribution in [3.8, 4) is 0 Å². The summed E-state index contributed by atoms with van der Waals surface area (Å²) in [5.74, 6) is -0.672. The van der Waals surface area contributed by atoms with E-state index in [2.05, 4.69) is 4.90 Å². The maximum absolute atomic E-state index is 13.3. The van der Waals surface area contributed by atoms with Crippen LogP contribution in [0.4, 0.5) is 8.78 Å². The molecule has 0 unspecified atom stereocenters. The number of nitrogens with zero attached hydrogens (tertiary/aromatic N) is 1. The van der Waals surface area contributed by atoms with Crippen LogP contribution in [0.3, 0.4) is 0 Å². The maximum atomic E-state index is 13.3. The first kappa shape index (κ1) is 20.9. The van der Waals surface area contributed by atoms with Gasteiger partial charge in [-0.3, -0.25) is 4.90 Å². The molecule has 0 aliphatic carbocycles. The first-order valence-electron chi connectivity index (χ1n) is 9.59. The molecule has 2 aromatic rings. The molecule has 2 aromatic carbocycles. The van der Waals surface area contributed by atoms with Gasteiger partial charge in [0.05, 0.1) is 24.9 Å². The molecule has 4 nitrogen and oxygen atoms in total. The third kappa shape index (κ3) is 5.82. The third-order valence-electron chi connectivity index (χ3n) is 4.76. The fraction of sp³-hybridized carbons (Fsp3) is 0.455. The molecule has 3 rings (SSSR count). The molecule has 1 heterocycles. The molecule has 0 spiro atoms. The van der Waals surface area contributed by atoms with E-state index in [0.717, 1.165) is 24.2 Å². The Balaban J connectivity index is 1.65. The van der Waals surface area contributed by atoms with Crippen LogP contribution < -0.4 is 0 Å². The zero-order chi connectivity index (χ0) is 20.1. The molecule has 3 atom stereocenters. The van der Waals surface area contributed by atoms with E-state index in [4.69, 9.17) is 9.47 Å².